The van der Waals surface area contributed by atoms with Crippen LogP contribution in [-0.4, -0.2) is 28.3 Å². The van der Waals surface area contributed by atoms with E-state index in [4.69, 9.17) is 4.74 Å². The van der Waals surface area contributed by atoms with Crippen molar-refractivity contribution in [2.75, 3.05) is 18.2 Å². The summed E-state index contributed by atoms with van der Waals surface area (Å²) in [4.78, 5) is 42.5. The smallest absolute Gasteiger partial charge is 0.334 e. The van der Waals surface area contributed by atoms with Crippen LogP contribution >= 0.6 is 11.8 Å². The average molecular weight is 435 g/mol. The molecule has 31 heavy (non-hydrogen) atoms. The van der Waals surface area contributed by atoms with Crippen LogP contribution in [-0.2, 0) is 4.79 Å². The lowest BCUT2D eigenvalue weighted by atomic mass is 10.2. The molecule has 0 unspecified atom stereocenters. The van der Waals surface area contributed by atoms with Crippen LogP contribution in [0.1, 0.15) is 0 Å². The number of para-hydroxylation sites is 3. The van der Waals surface area contributed by atoms with E-state index in [9.17, 15) is 14.4 Å². The fourth-order valence-corrected chi connectivity index (χ4v) is 3.85. The third-order valence-corrected chi connectivity index (χ3v) is 5.48. The van der Waals surface area contributed by atoms with Gasteiger partial charge in [-0.2, -0.15) is 4.98 Å². The molecule has 0 aliphatic rings. The second-order valence-electron chi connectivity index (χ2n) is 6.58. The number of rotatable bonds is 6. The number of fused-ring (bicyclic) bond motifs is 1. The number of carbonyl (C=O) groups excluding carboxylic acids is 1. The van der Waals surface area contributed by atoms with E-state index in [1.165, 1.54) is 29.5 Å². The van der Waals surface area contributed by atoms with Gasteiger partial charge in [-0.15, -0.1) is 0 Å². The number of benzene rings is 2. The van der Waals surface area contributed by atoms with Gasteiger partial charge in [-0.1, -0.05) is 24.3 Å². The molecule has 0 radical (unpaired) electrons. The molecule has 2 aromatic carbocycles. The molecular formula is C22H19N4O4S+. The molecular weight excluding hydrogens is 416 g/mol. The van der Waals surface area contributed by atoms with Gasteiger partial charge in [0.25, 0.3) is 5.56 Å². The van der Waals surface area contributed by atoms with Crippen molar-refractivity contribution in [3.8, 4) is 11.4 Å². The number of H-pyrrole nitrogens is 2. The van der Waals surface area contributed by atoms with Crippen LogP contribution in [0, 0.1) is 0 Å². The molecule has 8 nitrogen and oxygen atoms in total. The topological polar surface area (TPSA) is 107 Å². The summed E-state index contributed by atoms with van der Waals surface area (Å²) in [6.45, 7) is 0. The molecule has 0 aliphatic heterocycles. The van der Waals surface area contributed by atoms with E-state index >= 15 is 0 Å². The monoisotopic (exact) mass is 435 g/mol. The van der Waals surface area contributed by atoms with E-state index in [0.29, 0.717) is 11.4 Å². The van der Waals surface area contributed by atoms with Gasteiger partial charge in [-0.3, -0.25) is 14.6 Å². The van der Waals surface area contributed by atoms with Gasteiger partial charge < -0.3 is 10.1 Å². The molecule has 0 aliphatic carbocycles. The van der Waals surface area contributed by atoms with Crippen molar-refractivity contribution in [3.63, 3.8) is 0 Å². The summed E-state index contributed by atoms with van der Waals surface area (Å²) in [5.41, 5.74) is 0.0781. The molecule has 0 saturated carbocycles. The molecule has 0 spiro atoms. The Labute approximate surface area is 180 Å². The lowest BCUT2D eigenvalue weighted by Crippen LogP contribution is -2.32. The molecule has 0 saturated heterocycles. The van der Waals surface area contributed by atoms with Crippen LogP contribution in [0.4, 0.5) is 5.82 Å². The van der Waals surface area contributed by atoms with Crippen molar-refractivity contribution in [1.82, 2.24) is 9.55 Å². The highest BCUT2D eigenvalue weighted by molar-refractivity contribution is 7.99. The van der Waals surface area contributed by atoms with E-state index < -0.39 is 11.2 Å². The van der Waals surface area contributed by atoms with Crippen LogP contribution in [0.15, 0.2) is 81.3 Å². The number of amides is 1. The van der Waals surface area contributed by atoms with Crippen molar-refractivity contribution in [1.29, 1.82) is 0 Å². The normalized spacial score (nSPS) is 10.7. The van der Waals surface area contributed by atoms with Crippen molar-refractivity contribution in [3.05, 3.63) is 87.6 Å². The highest BCUT2D eigenvalue weighted by Gasteiger charge is 2.16. The van der Waals surface area contributed by atoms with Gasteiger partial charge in [0.05, 0.1) is 18.6 Å². The van der Waals surface area contributed by atoms with E-state index in [-0.39, 0.29) is 17.5 Å². The number of nitrogens with zero attached hydrogens (tertiary/aromatic N) is 1. The van der Waals surface area contributed by atoms with Gasteiger partial charge in [0.2, 0.25) is 16.4 Å². The number of thioether (sulfide) groups is 1. The van der Waals surface area contributed by atoms with Gasteiger partial charge in [0.1, 0.15) is 11.6 Å². The van der Waals surface area contributed by atoms with Crippen molar-refractivity contribution < 1.29 is 14.5 Å². The van der Waals surface area contributed by atoms with Crippen molar-refractivity contribution in [2.24, 2.45) is 0 Å². The summed E-state index contributed by atoms with van der Waals surface area (Å²) in [5, 5.41) is 4.55. The van der Waals surface area contributed by atoms with Crippen LogP contribution in [0.25, 0.3) is 16.6 Å². The first-order valence-corrected chi connectivity index (χ1v) is 10.4. The predicted octanol–water partition coefficient (Wildman–Crippen LogP) is 2.23. The summed E-state index contributed by atoms with van der Waals surface area (Å²) < 4.78 is 6.51. The molecule has 0 fully saturated rings. The number of hydrogen-bond acceptors (Lipinski definition) is 5. The molecule has 2 heterocycles. The van der Waals surface area contributed by atoms with Crippen molar-refractivity contribution >= 4 is 34.4 Å². The summed E-state index contributed by atoms with van der Waals surface area (Å²) in [5.74, 6) is 0.209. The highest BCUT2D eigenvalue weighted by atomic mass is 32.2. The SMILES string of the molecule is COc1ccccc1-n1c(NC(=O)CSc2ccc3ccccc3[nH+]2)cc(=O)[nH]c1=O. The van der Waals surface area contributed by atoms with Crippen LogP contribution in [0.5, 0.6) is 5.75 Å². The summed E-state index contributed by atoms with van der Waals surface area (Å²) in [7, 11) is 1.48. The minimum absolute atomic E-state index is 0.0614. The Balaban J connectivity index is 1.57. The third-order valence-electron chi connectivity index (χ3n) is 4.53. The second-order valence-corrected chi connectivity index (χ2v) is 7.60. The number of anilines is 1. The maximum Gasteiger partial charge on any atom is 0.334 e. The Morgan fingerprint density at radius 1 is 1.10 bits per heavy atom. The largest absolute Gasteiger partial charge is 0.495 e. The number of aromatic nitrogens is 3. The average Bonchev–Trinajstić information content (AvgIpc) is 2.77. The molecule has 0 bridgehead atoms. The zero-order valence-corrected chi connectivity index (χ0v) is 17.4. The van der Waals surface area contributed by atoms with Gasteiger partial charge in [0, 0.05) is 23.6 Å². The van der Waals surface area contributed by atoms with Gasteiger partial charge in [0.15, 0.2) is 0 Å². The van der Waals surface area contributed by atoms with Crippen LogP contribution in [0.2, 0.25) is 0 Å². The lowest BCUT2D eigenvalue weighted by Gasteiger charge is -2.15. The summed E-state index contributed by atoms with van der Waals surface area (Å²) in [6.07, 6.45) is 0. The fourth-order valence-electron chi connectivity index (χ4n) is 3.14. The van der Waals surface area contributed by atoms with E-state index in [1.807, 2.05) is 36.4 Å². The number of ether oxygens (including phenoxy) is 1. The minimum Gasteiger partial charge on any atom is -0.495 e. The quantitative estimate of drug-likeness (QED) is 0.452. The Kier molecular flexibility index (Phi) is 5.85. The number of hydrogen-bond donors (Lipinski definition) is 2. The second kappa shape index (κ2) is 8.88. The van der Waals surface area contributed by atoms with E-state index in [1.54, 1.807) is 24.3 Å². The molecule has 156 valence electrons. The number of pyridine rings is 1. The zero-order valence-electron chi connectivity index (χ0n) is 16.5. The summed E-state index contributed by atoms with van der Waals surface area (Å²) in [6, 6.07) is 19.7. The van der Waals surface area contributed by atoms with Crippen LogP contribution < -0.4 is 26.3 Å². The Morgan fingerprint density at radius 3 is 2.71 bits per heavy atom. The summed E-state index contributed by atoms with van der Waals surface area (Å²) >= 11 is 1.31. The maximum atomic E-state index is 12.6. The van der Waals surface area contributed by atoms with Crippen molar-refractivity contribution in [2.45, 2.75) is 5.03 Å². The van der Waals surface area contributed by atoms with E-state index in [2.05, 4.69) is 15.3 Å². The van der Waals surface area contributed by atoms with E-state index in [0.717, 1.165) is 15.9 Å². The lowest BCUT2D eigenvalue weighted by molar-refractivity contribution is -0.395. The number of carbonyl (C=O) groups is 1. The first kappa shape index (κ1) is 20.4. The number of nitrogens with one attached hydrogen (secondary N) is 3. The third kappa shape index (κ3) is 4.51. The zero-order chi connectivity index (χ0) is 21.8. The van der Waals surface area contributed by atoms with Gasteiger partial charge in [-0.05, 0) is 36.0 Å². The molecule has 4 rings (SSSR count). The van der Waals surface area contributed by atoms with Gasteiger partial charge >= 0.3 is 5.69 Å². The maximum absolute atomic E-state index is 12.6. The number of methoxy groups -OCH3 is 1. The molecule has 1 amide bonds. The molecule has 4 aromatic rings. The Morgan fingerprint density at radius 2 is 1.87 bits per heavy atom. The molecule has 2 aromatic heterocycles. The molecule has 9 heteroatoms. The minimum atomic E-state index is -0.678. The Hall–Kier alpha value is -3.85. The fraction of sp³-hybridized carbons (Fsp3) is 0.0909. The highest BCUT2D eigenvalue weighted by Crippen LogP contribution is 2.23. The first-order chi connectivity index (χ1) is 15.0. The number of aromatic amines is 2. The van der Waals surface area contributed by atoms with Crippen LogP contribution in [0.3, 0.4) is 0 Å². The predicted molar refractivity (Wildman–Crippen MR) is 119 cm³/mol. The Bertz CT molecular complexity index is 1380. The van der Waals surface area contributed by atoms with Gasteiger partial charge in [-0.25, -0.2) is 9.36 Å². The molecule has 0 atom stereocenters. The standard InChI is InChI=1S/C22H18N4O4S/c1-30-17-9-5-4-8-16(17)26-18(12-19(27)25-22(26)29)24-20(28)13-31-21-11-10-14-6-2-3-7-15(14)23-21/h2-12H,13H2,1H3,(H,24,28)(H,25,27,29)/p+1. The molecule has 3 N–H and O–H groups in total. The first-order valence-electron chi connectivity index (χ1n) is 9.38.